The topological polar surface area (TPSA) is 100 Å². The van der Waals surface area contributed by atoms with E-state index in [9.17, 15) is 9.59 Å². The lowest BCUT2D eigenvalue weighted by molar-refractivity contribution is -0.136. The van der Waals surface area contributed by atoms with Crippen molar-refractivity contribution in [2.45, 2.75) is 20.3 Å². The number of aliphatic carboxylic acids is 1. The number of aromatic amines is 1. The zero-order valence-electron chi connectivity index (χ0n) is 8.81. The zero-order chi connectivity index (χ0) is 11.9. The molecular formula is C9H10N4O3. The molecule has 0 amide bonds. The van der Waals surface area contributed by atoms with E-state index < -0.39 is 5.97 Å². The van der Waals surface area contributed by atoms with Gasteiger partial charge in [0.25, 0.3) is 5.56 Å². The molecule has 0 saturated carbocycles. The van der Waals surface area contributed by atoms with Crippen molar-refractivity contribution in [2.75, 3.05) is 0 Å². The summed E-state index contributed by atoms with van der Waals surface area (Å²) in [6.07, 6.45) is -0.328. The Bertz CT molecular complexity index is 625. The maximum absolute atomic E-state index is 12.0. The highest BCUT2D eigenvalue weighted by Crippen LogP contribution is 2.04. The number of hydrogen-bond acceptors (Lipinski definition) is 4. The van der Waals surface area contributed by atoms with E-state index in [0.717, 1.165) is 0 Å². The summed E-state index contributed by atoms with van der Waals surface area (Å²) in [5.74, 6) is -0.267. The Morgan fingerprint density at radius 3 is 2.81 bits per heavy atom. The predicted octanol–water partition coefficient (Wildman–Crippen LogP) is -0.338. The van der Waals surface area contributed by atoms with Crippen LogP contribution in [0, 0.1) is 13.8 Å². The molecule has 0 saturated heterocycles. The molecule has 2 heterocycles. The summed E-state index contributed by atoms with van der Waals surface area (Å²) < 4.78 is 1.27. The van der Waals surface area contributed by atoms with Crippen molar-refractivity contribution in [1.82, 2.24) is 19.6 Å². The van der Waals surface area contributed by atoms with Crippen LogP contribution in [0.3, 0.4) is 0 Å². The first-order valence-electron chi connectivity index (χ1n) is 4.65. The van der Waals surface area contributed by atoms with Gasteiger partial charge in [-0.25, -0.2) is 14.5 Å². The van der Waals surface area contributed by atoms with Gasteiger partial charge in [-0.2, -0.15) is 5.10 Å². The molecule has 16 heavy (non-hydrogen) atoms. The van der Waals surface area contributed by atoms with Crippen LogP contribution < -0.4 is 5.56 Å². The molecule has 0 atom stereocenters. The molecule has 0 aromatic carbocycles. The van der Waals surface area contributed by atoms with Crippen molar-refractivity contribution in [1.29, 1.82) is 0 Å². The van der Waals surface area contributed by atoms with Gasteiger partial charge in [0.05, 0.1) is 17.7 Å². The van der Waals surface area contributed by atoms with Gasteiger partial charge >= 0.3 is 5.97 Å². The Morgan fingerprint density at radius 2 is 2.19 bits per heavy atom. The fourth-order valence-electron chi connectivity index (χ4n) is 1.57. The van der Waals surface area contributed by atoms with Crippen LogP contribution in [-0.2, 0) is 11.2 Å². The number of aromatic nitrogens is 4. The lowest BCUT2D eigenvalue weighted by atomic mass is 10.2. The van der Waals surface area contributed by atoms with Crippen LogP contribution in [0.5, 0.6) is 0 Å². The molecule has 7 nitrogen and oxygen atoms in total. The third kappa shape index (κ3) is 1.46. The molecule has 0 unspecified atom stereocenters. The molecule has 2 N–H and O–H groups in total. The summed E-state index contributed by atoms with van der Waals surface area (Å²) in [5, 5.41) is 15.2. The van der Waals surface area contributed by atoms with Gasteiger partial charge in [0, 0.05) is 0 Å². The van der Waals surface area contributed by atoms with Crippen LogP contribution in [-0.4, -0.2) is 30.7 Å². The lowest BCUT2D eigenvalue weighted by Crippen LogP contribution is -2.24. The molecule has 2 rings (SSSR count). The summed E-state index contributed by atoms with van der Waals surface area (Å²) in [7, 11) is 0. The molecule has 7 heteroatoms. The third-order valence-electron chi connectivity index (χ3n) is 2.35. The van der Waals surface area contributed by atoms with Gasteiger partial charge in [-0.05, 0) is 13.8 Å². The number of H-pyrrole nitrogens is 1. The second-order valence-electron chi connectivity index (χ2n) is 3.48. The minimum atomic E-state index is -1.05. The fraction of sp³-hybridized carbons (Fsp3) is 0.333. The normalized spacial score (nSPS) is 10.9. The van der Waals surface area contributed by atoms with Crippen molar-refractivity contribution >= 4 is 11.7 Å². The summed E-state index contributed by atoms with van der Waals surface area (Å²) in [6, 6.07) is 0. The average Bonchev–Trinajstić information content (AvgIpc) is 2.54. The number of aryl methyl sites for hydroxylation is 2. The van der Waals surface area contributed by atoms with E-state index in [1.54, 1.807) is 13.8 Å². The van der Waals surface area contributed by atoms with Gasteiger partial charge in [-0.15, -0.1) is 0 Å². The highest BCUT2D eigenvalue weighted by molar-refractivity contribution is 5.70. The molecule has 0 spiro atoms. The van der Waals surface area contributed by atoms with Gasteiger partial charge < -0.3 is 5.11 Å². The molecule has 0 bridgehead atoms. The second kappa shape index (κ2) is 3.44. The van der Waals surface area contributed by atoms with Crippen molar-refractivity contribution in [3.8, 4) is 0 Å². The summed E-state index contributed by atoms with van der Waals surface area (Å²) in [6.45, 7) is 3.25. The van der Waals surface area contributed by atoms with E-state index in [4.69, 9.17) is 5.11 Å². The first-order valence-corrected chi connectivity index (χ1v) is 4.65. The smallest absolute Gasteiger partial charge is 0.308 e. The molecule has 0 radical (unpaired) electrons. The number of hydrogen-bond donors (Lipinski definition) is 2. The Hall–Kier alpha value is -2.18. The molecule has 2 aromatic rings. The van der Waals surface area contributed by atoms with E-state index in [1.165, 1.54) is 4.40 Å². The van der Waals surface area contributed by atoms with Crippen LogP contribution in [0.25, 0.3) is 5.78 Å². The Balaban J connectivity index is 2.79. The number of nitrogens with one attached hydrogen (secondary N) is 1. The lowest BCUT2D eigenvalue weighted by Gasteiger charge is -2.02. The average molecular weight is 222 g/mol. The number of carbonyl (C=O) groups is 1. The highest BCUT2D eigenvalue weighted by Gasteiger charge is 2.15. The highest BCUT2D eigenvalue weighted by atomic mass is 16.4. The predicted molar refractivity (Wildman–Crippen MR) is 54.4 cm³/mol. The Labute approximate surface area is 89.8 Å². The maximum Gasteiger partial charge on any atom is 0.308 e. The SMILES string of the molecule is Cc1nc2[nH]nc(C)n2c(=O)c1CC(=O)O. The zero-order valence-corrected chi connectivity index (χ0v) is 8.81. The minimum Gasteiger partial charge on any atom is -0.481 e. The summed E-state index contributed by atoms with van der Waals surface area (Å²) >= 11 is 0. The van der Waals surface area contributed by atoms with Gasteiger partial charge in [0.1, 0.15) is 5.82 Å². The second-order valence-corrected chi connectivity index (χ2v) is 3.48. The van der Waals surface area contributed by atoms with Crippen LogP contribution in [0.15, 0.2) is 4.79 Å². The van der Waals surface area contributed by atoms with Gasteiger partial charge in [-0.1, -0.05) is 0 Å². The number of fused-ring (bicyclic) bond motifs is 1. The third-order valence-corrected chi connectivity index (χ3v) is 2.35. The van der Waals surface area contributed by atoms with E-state index in [0.29, 0.717) is 17.3 Å². The molecule has 0 aliphatic carbocycles. The van der Waals surface area contributed by atoms with E-state index in [-0.39, 0.29) is 17.5 Å². The minimum absolute atomic E-state index is 0.189. The van der Waals surface area contributed by atoms with Crippen molar-refractivity contribution < 1.29 is 9.90 Å². The monoisotopic (exact) mass is 222 g/mol. The maximum atomic E-state index is 12.0. The first-order chi connectivity index (χ1) is 7.50. The van der Waals surface area contributed by atoms with Crippen LogP contribution >= 0.6 is 0 Å². The fourth-order valence-corrected chi connectivity index (χ4v) is 1.57. The quantitative estimate of drug-likeness (QED) is 0.724. The molecule has 84 valence electrons. The van der Waals surface area contributed by atoms with Crippen molar-refractivity contribution in [2.24, 2.45) is 0 Å². The largest absolute Gasteiger partial charge is 0.481 e. The first kappa shape index (κ1) is 10.3. The molecule has 0 aliphatic heterocycles. The van der Waals surface area contributed by atoms with Gasteiger partial charge in [0.15, 0.2) is 0 Å². The molecular weight excluding hydrogens is 212 g/mol. The summed E-state index contributed by atoms with van der Waals surface area (Å²) in [4.78, 5) is 26.7. The van der Waals surface area contributed by atoms with Gasteiger partial charge in [0.2, 0.25) is 5.78 Å². The Kier molecular flexibility index (Phi) is 2.22. The molecule has 0 fully saturated rings. The molecule has 0 aliphatic rings. The van der Waals surface area contributed by atoms with Crippen LogP contribution in [0.1, 0.15) is 17.1 Å². The number of carboxylic acids is 1. The number of nitrogens with zero attached hydrogens (tertiary/aromatic N) is 3. The van der Waals surface area contributed by atoms with E-state index in [2.05, 4.69) is 15.2 Å². The standard InChI is InChI=1S/C9H10N4O3/c1-4-6(3-7(14)15)8(16)13-5(2)11-12-9(13)10-4/h3H2,1-2H3,(H,10,12)(H,14,15). The van der Waals surface area contributed by atoms with Crippen molar-refractivity contribution in [3.05, 3.63) is 27.4 Å². The number of rotatable bonds is 2. The van der Waals surface area contributed by atoms with Gasteiger partial charge in [-0.3, -0.25) is 9.59 Å². The Morgan fingerprint density at radius 1 is 1.50 bits per heavy atom. The number of carboxylic acid groups (broad SMARTS) is 1. The molecule has 2 aromatic heterocycles. The van der Waals surface area contributed by atoms with Crippen LogP contribution in [0.4, 0.5) is 0 Å². The van der Waals surface area contributed by atoms with Crippen LogP contribution in [0.2, 0.25) is 0 Å². The van der Waals surface area contributed by atoms with E-state index >= 15 is 0 Å². The van der Waals surface area contributed by atoms with E-state index in [1.807, 2.05) is 0 Å². The van der Waals surface area contributed by atoms with Crippen molar-refractivity contribution in [3.63, 3.8) is 0 Å². The summed E-state index contributed by atoms with van der Waals surface area (Å²) in [5.41, 5.74) is 0.224.